The van der Waals surface area contributed by atoms with Gasteiger partial charge in [-0.05, 0) is 93.4 Å². The zero-order valence-corrected chi connectivity index (χ0v) is 25.8. The van der Waals surface area contributed by atoms with Crippen LogP contribution in [0.25, 0.3) is 5.69 Å². The fourth-order valence-electron chi connectivity index (χ4n) is 4.86. The summed E-state index contributed by atoms with van der Waals surface area (Å²) in [7, 11) is -2.67. The van der Waals surface area contributed by atoms with Gasteiger partial charge in [-0.3, -0.25) is 13.9 Å². The van der Waals surface area contributed by atoms with Crippen LogP contribution in [0.2, 0.25) is 0 Å². The van der Waals surface area contributed by atoms with Crippen LogP contribution in [0.5, 0.6) is 5.75 Å². The maximum Gasteiger partial charge on any atom is 0.264 e. The van der Waals surface area contributed by atoms with Crippen molar-refractivity contribution in [3.05, 3.63) is 101 Å². The summed E-state index contributed by atoms with van der Waals surface area (Å²) in [6.45, 7) is 8.96. The number of carbonyl (C=O) groups excluding carboxylic acids is 2. The molecule has 0 aliphatic carbocycles. The molecule has 1 aromatic heterocycles. The minimum Gasteiger partial charge on any atom is -0.497 e. The lowest BCUT2D eigenvalue weighted by molar-refractivity contribution is -0.119. The Bertz CT molecular complexity index is 1760. The molecule has 0 atom stereocenters. The minimum absolute atomic E-state index is 0.0485. The standard InChI is InChI=1S/C32H35N5O5S/c1-21-8-7-9-22(2)32(21)37-23(3)18-26(24(37)4)19-33-35-31(39)20-36(28-12-14-29(42-6)15-13-28)43(40,41)30-16-10-27(11-17-30)34-25(5)38/h7-19H,20H2,1-6H3,(H,34,38)(H,35,39)/b33-19-. The number of rotatable bonds is 10. The van der Waals surface area contributed by atoms with Crippen LogP contribution in [0, 0.1) is 27.7 Å². The van der Waals surface area contributed by atoms with E-state index in [9.17, 15) is 18.0 Å². The van der Waals surface area contributed by atoms with Crippen LogP contribution >= 0.6 is 0 Å². The molecule has 2 amide bonds. The van der Waals surface area contributed by atoms with Gasteiger partial charge in [0.1, 0.15) is 12.3 Å². The van der Waals surface area contributed by atoms with Crippen molar-refractivity contribution in [3.8, 4) is 11.4 Å². The number of aromatic nitrogens is 1. The Labute approximate surface area is 252 Å². The SMILES string of the molecule is COc1ccc(N(CC(=O)N/N=C\c2cc(C)n(-c3c(C)cccc3C)c2C)S(=O)(=O)c2ccc(NC(C)=O)cc2)cc1. The number of carbonyl (C=O) groups is 2. The average Bonchev–Trinajstić information content (AvgIpc) is 3.24. The van der Waals surface area contributed by atoms with Crippen molar-refractivity contribution < 1.29 is 22.7 Å². The van der Waals surface area contributed by atoms with E-state index in [4.69, 9.17) is 4.74 Å². The second-order valence-electron chi connectivity index (χ2n) is 10.1. The number of sulfonamides is 1. The molecular weight excluding hydrogens is 566 g/mol. The first-order valence-corrected chi connectivity index (χ1v) is 15.0. The maximum atomic E-state index is 13.7. The molecule has 4 rings (SSSR count). The first-order valence-electron chi connectivity index (χ1n) is 13.5. The highest BCUT2D eigenvalue weighted by Gasteiger charge is 2.27. The lowest BCUT2D eigenvalue weighted by Gasteiger charge is -2.24. The predicted octanol–water partition coefficient (Wildman–Crippen LogP) is 5.02. The fraction of sp³-hybridized carbons (Fsp3) is 0.219. The number of methoxy groups -OCH3 is 1. The van der Waals surface area contributed by atoms with Crippen molar-refractivity contribution in [2.45, 2.75) is 39.5 Å². The molecule has 3 aromatic carbocycles. The first-order chi connectivity index (χ1) is 20.4. The number of anilines is 2. The summed E-state index contributed by atoms with van der Waals surface area (Å²) in [5.74, 6) is -0.373. The number of amides is 2. The van der Waals surface area contributed by atoms with Crippen molar-refractivity contribution in [1.29, 1.82) is 0 Å². The van der Waals surface area contributed by atoms with Crippen LogP contribution in [0.1, 0.15) is 35.0 Å². The maximum absolute atomic E-state index is 13.7. The van der Waals surface area contributed by atoms with Crippen molar-refractivity contribution >= 4 is 39.4 Å². The van der Waals surface area contributed by atoms with Crippen molar-refractivity contribution in [2.24, 2.45) is 5.10 Å². The molecule has 4 aromatic rings. The number of para-hydroxylation sites is 1. The van der Waals surface area contributed by atoms with Crippen molar-refractivity contribution in [2.75, 3.05) is 23.3 Å². The number of nitrogens with one attached hydrogen (secondary N) is 2. The molecule has 10 nitrogen and oxygen atoms in total. The van der Waals surface area contributed by atoms with Crippen LogP contribution in [-0.4, -0.2) is 44.7 Å². The Kier molecular flexibility index (Phi) is 9.35. The molecule has 43 heavy (non-hydrogen) atoms. The van der Waals surface area contributed by atoms with Gasteiger partial charge < -0.3 is 14.6 Å². The quantitative estimate of drug-likeness (QED) is 0.195. The molecule has 0 radical (unpaired) electrons. The van der Waals surface area contributed by atoms with E-state index < -0.39 is 22.5 Å². The topological polar surface area (TPSA) is 122 Å². The predicted molar refractivity (Wildman–Crippen MR) is 169 cm³/mol. The van der Waals surface area contributed by atoms with Crippen LogP contribution in [0.4, 0.5) is 11.4 Å². The van der Waals surface area contributed by atoms with E-state index in [1.54, 1.807) is 30.5 Å². The van der Waals surface area contributed by atoms with E-state index in [1.807, 2.05) is 26.0 Å². The number of nitrogens with zero attached hydrogens (tertiary/aromatic N) is 3. The summed E-state index contributed by atoms with van der Waals surface area (Å²) < 4.78 is 35.8. The number of hydrogen-bond acceptors (Lipinski definition) is 6. The number of aryl methyl sites for hydroxylation is 3. The third-order valence-corrected chi connectivity index (χ3v) is 8.72. The molecule has 1 heterocycles. The van der Waals surface area contributed by atoms with Gasteiger partial charge in [-0.1, -0.05) is 18.2 Å². The molecule has 0 saturated carbocycles. The largest absolute Gasteiger partial charge is 0.497 e. The molecule has 0 spiro atoms. The Hall–Kier alpha value is -4.90. The monoisotopic (exact) mass is 601 g/mol. The number of ether oxygens (including phenoxy) is 1. The molecule has 0 bridgehead atoms. The lowest BCUT2D eigenvalue weighted by Crippen LogP contribution is -2.39. The first kappa shape index (κ1) is 31.0. The highest BCUT2D eigenvalue weighted by Crippen LogP contribution is 2.27. The molecule has 0 aliphatic heterocycles. The lowest BCUT2D eigenvalue weighted by atomic mass is 10.1. The summed E-state index contributed by atoms with van der Waals surface area (Å²) >= 11 is 0. The smallest absolute Gasteiger partial charge is 0.264 e. The molecule has 2 N–H and O–H groups in total. The molecule has 0 fully saturated rings. The van der Waals surface area contributed by atoms with Gasteiger partial charge >= 0.3 is 0 Å². The summed E-state index contributed by atoms with van der Waals surface area (Å²) in [6.07, 6.45) is 1.55. The highest BCUT2D eigenvalue weighted by molar-refractivity contribution is 7.92. The third kappa shape index (κ3) is 6.95. The van der Waals surface area contributed by atoms with Gasteiger partial charge in [0, 0.05) is 29.6 Å². The van der Waals surface area contributed by atoms with Crippen LogP contribution in [0.15, 0.2) is 82.8 Å². The highest BCUT2D eigenvalue weighted by atomic mass is 32.2. The van der Waals surface area contributed by atoms with E-state index in [-0.39, 0.29) is 16.5 Å². The zero-order valence-electron chi connectivity index (χ0n) is 25.0. The molecule has 0 saturated heterocycles. The Balaban J connectivity index is 1.57. The van der Waals surface area contributed by atoms with Gasteiger partial charge in [0.2, 0.25) is 5.91 Å². The van der Waals surface area contributed by atoms with Gasteiger partial charge in [0.25, 0.3) is 15.9 Å². The molecule has 0 unspecified atom stereocenters. The van der Waals surface area contributed by atoms with E-state index in [0.717, 1.165) is 38.1 Å². The third-order valence-electron chi connectivity index (χ3n) is 6.94. The summed E-state index contributed by atoms with van der Waals surface area (Å²) in [5, 5.41) is 6.75. The zero-order chi connectivity index (χ0) is 31.3. The fourth-order valence-corrected chi connectivity index (χ4v) is 6.29. The van der Waals surface area contributed by atoms with Gasteiger partial charge in [0.05, 0.1) is 29.6 Å². The van der Waals surface area contributed by atoms with E-state index in [0.29, 0.717) is 11.4 Å². The van der Waals surface area contributed by atoms with Gasteiger partial charge in [-0.15, -0.1) is 0 Å². The van der Waals surface area contributed by atoms with Crippen molar-refractivity contribution in [1.82, 2.24) is 9.99 Å². The second-order valence-corrected chi connectivity index (χ2v) is 12.0. The van der Waals surface area contributed by atoms with Gasteiger partial charge in [-0.25, -0.2) is 13.8 Å². The van der Waals surface area contributed by atoms with Gasteiger partial charge in [-0.2, -0.15) is 5.10 Å². The van der Waals surface area contributed by atoms with E-state index in [1.165, 1.54) is 38.3 Å². The van der Waals surface area contributed by atoms with Crippen molar-refractivity contribution in [3.63, 3.8) is 0 Å². The Morgan fingerprint density at radius 1 is 0.953 bits per heavy atom. The number of benzene rings is 3. The Morgan fingerprint density at radius 3 is 2.16 bits per heavy atom. The molecule has 224 valence electrons. The summed E-state index contributed by atoms with van der Waals surface area (Å²) in [4.78, 5) is 24.4. The molecular formula is C32H35N5O5S. The van der Waals surface area contributed by atoms with E-state index in [2.05, 4.69) is 46.4 Å². The summed E-state index contributed by atoms with van der Waals surface area (Å²) in [6, 6.07) is 20.2. The van der Waals surface area contributed by atoms with Crippen LogP contribution < -0.4 is 19.8 Å². The number of hydrogen-bond donors (Lipinski definition) is 2. The minimum atomic E-state index is -4.18. The normalized spacial score (nSPS) is 11.4. The van der Waals surface area contributed by atoms with Gasteiger partial charge in [0.15, 0.2) is 0 Å². The van der Waals surface area contributed by atoms with Crippen LogP contribution in [0.3, 0.4) is 0 Å². The van der Waals surface area contributed by atoms with E-state index >= 15 is 0 Å². The second kappa shape index (κ2) is 13.0. The molecule has 0 aliphatic rings. The number of hydrazone groups is 1. The Morgan fingerprint density at radius 2 is 1.58 bits per heavy atom. The van der Waals surface area contributed by atoms with Crippen LogP contribution in [-0.2, 0) is 19.6 Å². The average molecular weight is 602 g/mol. The summed E-state index contributed by atoms with van der Waals surface area (Å²) in [5.41, 5.74) is 9.37. The molecule has 11 heteroatoms.